The highest BCUT2D eigenvalue weighted by Crippen LogP contribution is 2.34. The number of carbonyl (C=O) groups is 2. The van der Waals surface area contributed by atoms with E-state index in [9.17, 15) is 9.59 Å². The van der Waals surface area contributed by atoms with E-state index in [4.69, 9.17) is 0 Å². The van der Waals surface area contributed by atoms with Crippen LogP contribution in [0, 0.1) is 24.7 Å². The molecule has 2 aromatic carbocycles. The van der Waals surface area contributed by atoms with Crippen molar-refractivity contribution in [3.05, 3.63) is 69.7 Å². The van der Waals surface area contributed by atoms with Gasteiger partial charge >= 0.3 is 0 Å². The first-order valence-corrected chi connectivity index (χ1v) is 13.9. The van der Waals surface area contributed by atoms with Crippen molar-refractivity contribution in [3.63, 3.8) is 0 Å². The molecule has 0 bridgehead atoms. The second-order valence-electron chi connectivity index (χ2n) is 10.7. The van der Waals surface area contributed by atoms with Crippen LogP contribution in [0.4, 0.5) is 0 Å². The summed E-state index contributed by atoms with van der Waals surface area (Å²) in [7, 11) is 0. The summed E-state index contributed by atoms with van der Waals surface area (Å²) in [5.74, 6) is 1.63. The minimum atomic E-state index is 0.0567. The lowest BCUT2D eigenvalue weighted by molar-refractivity contribution is -0.125. The predicted octanol–water partition coefficient (Wildman–Crippen LogP) is 5.20. The Morgan fingerprint density at radius 3 is 2.31 bits per heavy atom. The van der Waals surface area contributed by atoms with Gasteiger partial charge in [-0.1, -0.05) is 55.3 Å². The third-order valence-electron chi connectivity index (χ3n) is 8.26. The summed E-state index contributed by atoms with van der Waals surface area (Å²) in [6, 6.07) is 16.4. The van der Waals surface area contributed by atoms with E-state index in [2.05, 4.69) is 50.4 Å². The van der Waals surface area contributed by atoms with Crippen LogP contribution in [0.2, 0.25) is 0 Å². The molecule has 2 saturated heterocycles. The fourth-order valence-electron chi connectivity index (χ4n) is 6.30. The highest BCUT2D eigenvalue weighted by Gasteiger charge is 2.42. The second kappa shape index (κ2) is 10.8. The Balaban J connectivity index is 1.17. The van der Waals surface area contributed by atoms with Gasteiger partial charge in [-0.3, -0.25) is 9.59 Å². The molecule has 2 heterocycles. The van der Waals surface area contributed by atoms with Gasteiger partial charge in [0.2, 0.25) is 5.91 Å². The molecule has 3 aliphatic rings. The number of amides is 2. The molecule has 3 fully saturated rings. The minimum absolute atomic E-state index is 0.0567. The van der Waals surface area contributed by atoms with Gasteiger partial charge in [-0.05, 0) is 71.1 Å². The summed E-state index contributed by atoms with van der Waals surface area (Å²) in [6.07, 6.45) is 5.31. The fraction of sp³-hybridized carbons (Fsp3) is 0.517. The maximum absolute atomic E-state index is 13.2. The molecule has 186 valence electrons. The van der Waals surface area contributed by atoms with Crippen molar-refractivity contribution in [3.8, 4) is 0 Å². The Bertz CT molecular complexity index is 1020. The summed E-state index contributed by atoms with van der Waals surface area (Å²) < 4.78 is 0.882. The summed E-state index contributed by atoms with van der Waals surface area (Å²) in [5, 5.41) is 3.38. The van der Waals surface area contributed by atoms with Crippen molar-refractivity contribution in [1.29, 1.82) is 0 Å². The molecule has 2 unspecified atom stereocenters. The molecule has 0 aromatic heterocycles. The molecule has 0 spiro atoms. The quantitative estimate of drug-likeness (QED) is 0.528. The molecule has 1 aliphatic carbocycles. The van der Waals surface area contributed by atoms with Crippen molar-refractivity contribution in [1.82, 2.24) is 15.1 Å². The number of nitrogens with one attached hydrogen (secondary N) is 1. The largest absolute Gasteiger partial charge is 0.349 e. The number of benzene rings is 2. The molecule has 2 aromatic rings. The first-order valence-electron chi connectivity index (χ1n) is 13.1. The van der Waals surface area contributed by atoms with Crippen LogP contribution in [0.15, 0.2) is 53.0 Å². The van der Waals surface area contributed by atoms with Crippen LogP contribution in [0.3, 0.4) is 0 Å². The molecular weight excluding hydrogens is 502 g/mol. The molecule has 5 rings (SSSR count). The lowest BCUT2D eigenvalue weighted by Gasteiger charge is -2.26. The molecule has 1 saturated carbocycles. The highest BCUT2D eigenvalue weighted by molar-refractivity contribution is 9.10. The number of carbonyl (C=O) groups excluding carboxylic acids is 2. The van der Waals surface area contributed by atoms with Crippen LogP contribution >= 0.6 is 15.9 Å². The van der Waals surface area contributed by atoms with Crippen molar-refractivity contribution in [2.75, 3.05) is 32.7 Å². The van der Waals surface area contributed by atoms with Crippen molar-refractivity contribution in [2.45, 2.75) is 45.1 Å². The number of hydrogen-bond acceptors (Lipinski definition) is 3. The van der Waals surface area contributed by atoms with Crippen LogP contribution in [0.5, 0.6) is 0 Å². The zero-order chi connectivity index (χ0) is 24.4. The van der Waals surface area contributed by atoms with Crippen LogP contribution < -0.4 is 5.32 Å². The number of rotatable bonds is 7. The number of nitrogens with zero attached hydrogens (tertiary/aromatic N) is 2. The Hall–Kier alpha value is -2.18. The van der Waals surface area contributed by atoms with Gasteiger partial charge in [-0.15, -0.1) is 0 Å². The highest BCUT2D eigenvalue weighted by atomic mass is 79.9. The molecule has 3 atom stereocenters. The van der Waals surface area contributed by atoms with Crippen LogP contribution in [-0.4, -0.2) is 54.3 Å². The number of halogens is 1. The third kappa shape index (κ3) is 5.49. The van der Waals surface area contributed by atoms with E-state index >= 15 is 0 Å². The van der Waals surface area contributed by atoms with E-state index < -0.39 is 0 Å². The maximum Gasteiger partial charge on any atom is 0.255 e. The Morgan fingerprint density at radius 2 is 1.66 bits per heavy atom. The Morgan fingerprint density at radius 1 is 0.971 bits per heavy atom. The van der Waals surface area contributed by atoms with Gasteiger partial charge < -0.3 is 15.1 Å². The summed E-state index contributed by atoms with van der Waals surface area (Å²) >= 11 is 3.57. The lowest BCUT2D eigenvalue weighted by Crippen LogP contribution is -2.36. The first kappa shape index (κ1) is 24.5. The van der Waals surface area contributed by atoms with Gasteiger partial charge in [0.05, 0.1) is 11.6 Å². The van der Waals surface area contributed by atoms with Crippen molar-refractivity contribution >= 4 is 27.7 Å². The normalized spacial score (nSPS) is 23.4. The minimum Gasteiger partial charge on any atom is -0.349 e. The molecule has 2 aliphatic heterocycles. The predicted molar refractivity (Wildman–Crippen MR) is 142 cm³/mol. The fourth-order valence-corrected chi connectivity index (χ4v) is 6.93. The van der Waals surface area contributed by atoms with E-state index in [0.29, 0.717) is 11.8 Å². The SMILES string of the molecule is Cc1cccc(Br)c1C(=O)N1CC2CN(CCC(NC(=O)C3CCCC3)c3ccccc3)C[C@H]2C1. The summed E-state index contributed by atoms with van der Waals surface area (Å²) in [4.78, 5) is 30.7. The van der Waals surface area contributed by atoms with Gasteiger partial charge in [-0.25, -0.2) is 0 Å². The van der Waals surface area contributed by atoms with E-state index in [1.807, 2.05) is 36.1 Å². The Labute approximate surface area is 217 Å². The van der Waals surface area contributed by atoms with Gasteiger partial charge in [0, 0.05) is 43.1 Å². The topological polar surface area (TPSA) is 52.7 Å². The van der Waals surface area contributed by atoms with Crippen LogP contribution in [0.25, 0.3) is 0 Å². The number of likely N-dealkylation sites (tertiary alicyclic amines) is 2. The molecule has 1 N–H and O–H groups in total. The zero-order valence-corrected chi connectivity index (χ0v) is 22.2. The number of aryl methyl sites for hydroxylation is 1. The third-order valence-corrected chi connectivity index (χ3v) is 8.92. The van der Waals surface area contributed by atoms with Crippen LogP contribution in [-0.2, 0) is 4.79 Å². The molecule has 2 amide bonds. The molecule has 35 heavy (non-hydrogen) atoms. The first-order chi connectivity index (χ1) is 17.0. The monoisotopic (exact) mass is 537 g/mol. The average molecular weight is 539 g/mol. The standard InChI is InChI=1S/C29H36BrN3O2/c1-20-8-7-13-25(30)27(20)29(35)33-18-23-16-32(17-24(23)19-33)15-14-26(21-9-3-2-4-10-21)31-28(34)22-11-5-6-12-22/h2-4,7-10,13,22-24,26H,5-6,11-12,14-19H2,1H3,(H,31,34)/t23-,24?,26?/m0/s1. The Kier molecular flexibility index (Phi) is 7.59. The maximum atomic E-state index is 13.2. The van der Waals surface area contributed by atoms with Gasteiger partial charge in [-0.2, -0.15) is 0 Å². The van der Waals surface area contributed by atoms with Gasteiger partial charge in [0.15, 0.2) is 0 Å². The zero-order valence-electron chi connectivity index (χ0n) is 20.6. The molecule has 0 radical (unpaired) electrons. The van der Waals surface area contributed by atoms with E-state index in [0.717, 1.165) is 67.6 Å². The second-order valence-corrected chi connectivity index (χ2v) is 11.5. The number of fused-ring (bicyclic) bond motifs is 1. The molecule has 6 heteroatoms. The van der Waals surface area contributed by atoms with Crippen molar-refractivity contribution in [2.24, 2.45) is 17.8 Å². The van der Waals surface area contributed by atoms with E-state index in [1.54, 1.807) is 0 Å². The molecular formula is C29H36BrN3O2. The van der Waals surface area contributed by atoms with Gasteiger partial charge in [0.1, 0.15) is 0 Å². The van der Waals surface area contributed by atoms with Crippen LogP contribution in [0.1, 0.15) is 59.6 Å². The van der Waals surface area contributed by atoms with E-state index in [1.165, 1.54) is 18.4 Å². The summed E-state index contributed by atoms with van der Waals surface area (Å²) in [6.45, 7) is 6.70. The van der Waals surface area contributed by atoms with Gasteiger partial charge in [0.25, 0.3) is 5.91 Å². The lowest BCUT2D eigenvalue weighted by atomic mass is 10.0. The molecule has 5 nitrogen and oxygen atoms in total. The van der Waals surface area contributed by atoms with E-state index in [-0.39, 0.29) is 23.8 Å². The average Bonchev–Trinajstić information content (AvgIpc) is 3.59. The number of hydrogen-bond donors (Lipinski definition) is 1. The van der Waals surface area contributed by atoms with Crippen molar-refractivity contribution < 1.29 is 9.59 Å². The smallest absolute Gasteiger partial charge is 0.255 e. The summed E-state index contributed by atoms with van der Waals surface area (Å²) in [5.41, 5.74) is 3.02.